The minimum absolute atomic E-state index is 0.176. The molecule has 10 heteroatoms. The van der Waals surface area contributed by atoms with Gasteiger partial charge in [-0.05, 0) is 51.3 Å². The molecule has 0 saturated carbocycles. The Hall–Kier alpha value is -2.36. The van der Waals surface area contributed by atoms with Crippen molar-refractivity contribution in [3.8, 4) is 5.75 Å². The fourth-order valence-electron chi connectivity index (χ4n) is 4.80. The van der Waals surface area contributed by atoms with Crippen molar-refractivity contribution in [2.24, 2.45) is 10.7 Å². The highest BCUT2D eigenvalue weighted by molar-refractivity contribution is 6.32. The van der Waals surface area contributed by atoms with E-state index in [4.69, 9.17) is 22.1 Å². The summed E-state index contributed by atoms with van der Waals surface area (Å²) >= 11 is 6.40. The maximum Gasteiger partial charge on any atom is 0.251 e. The van der Waals surface area contributed by atoms with Gasteiger partial charge in [-0.3, -0.25) is 19.8 Å². The highest BCUT2D eigenvalue weighted by Crippen LogP contribution is 2.42. The quantitative estimate of drug-likeness (QED) is 0.443. The number of unbranched alkanes of at least 4 members (excludes halogenated alkanes) is 2. The van der Waals surface area contributed by atoms with Gasteiger partial charge in [-0.15, -0.1) is 0 Å². The van der Waals surface area contributed by atoms with E-state index in [9.17, 15) is 14.7 Å². The number of rotatable bonds is 10. The first-order valence-electron chi connectivity index (χ1n) is 11.7. The maximum atomic E-state index is 12.1. The van der Waals surface area contributed by atoms with E-state index in [1.165, 1.54) is 6.42 Å². The van der Waals surface area contributed by atoms with Crippen molar-refractivity contribution in [2.45, 2.75) is 63.6 Å². The Morgan fingerprint density at radius 2 is 2.06 bits per heavy atom. The molecule has 0 aliphatic carbocycles. The van der Waals surface area contributed by atoms with Gasteiger partial charge >= 0.3 is 0 Å². The van der Waals surface area contributed by atoms with Gasteiger partial charge in [-0.25, -0.2) is 4.99 Å². The number of fused-ring (bicyclic) bond motifs is 2. The number of carbonyl (C=O) groups is 2. The normalized spacial score (nSPS) is 21.2. The third-order valence-electron chi connectivity index (χ3n) is 6.61. The highest BCUT2D eigenvalue weighted by Gasteiger charge is 2.39. The Bertz CT molecular complexity index is 918. The second-order valence-corrected chi connectivity index (χ2v) is 9.25. The molecule has 2 amide bonds. The summed E-state index contributed by atoms with van der Waals surface area (Å²) in [6.45, 7) is 2.55. The number of guanidine groups is 1. The SMILES string of the molecule is NC(=O)C(CCCCCOc1c(Cl)ccc2c1N=C1NC(=O)C(CO)N1C2)N1CCCCC1. The number of piperidine rings is 1. The minimum Gasteiger partial charge on any atom is -0.490 e. The van der Waals surface area contributed by atoms with Crippen molar-refractivity contribution >= 4 is 35.1 Å². The third-order valence-corrected chi connectivity index (χ3v) is 6.91. The van der Waals surface area contributed by atoms with Crippen LogP contribution in [0.5, 0.6) is 5.75 Å². The fraction of sp³-hybridized carbons (Fsp3) is 0.609. The predicted octanol–water partition coefficient (Wildman–Crippen LogP) is 1.91. The van der Waals surface area contributed by atoms with Crippen molar-refractivity contribution in [2.75, 3.05) is 26.3 Å². The highest BCUT2D eigenvalue weighted by atomic mass is 35.5. The van der Waals surface area contributed by atoms with Crippen molar-refractivity contribution in [3.05, 3.63) is 22.7 Å². The van der Waals surface area contributed by atoms with Crippen LogP contribution in [0.2, 0.25) is 5.02 Å². The van der Waals surface area contributed by atoms with Gasteiger partial charge in [0.1, 0.15) is 11.7 Å². The fourth-order valence-corrected chi connectivity index (χ4v) is 5.01. The molecule has 180 valence electrons. The lowest BCUT2D eigenvalue weighted by Gasteiger charge is -2.32. The van der Waals surface area contributed by atoms with E-state index in [0.717, 1.165) is 57.2 Å². The first-order chi connectivity index (χ1) is 16.0. The molecule has 0 bridgehead atoms. The molecular formula is C23H32ClN5O4. The molecule has 3 heterocycles. The average molecular weight is 478 g/mol. The lowest BCUT2D eigenvalue weighted by molar-refractivity contribution is -0.124. The Balaban J connectivity index is 1.30. The summed E-state index contributed by atoms with van der Waals surface area (Å²) in [6, 6.07) is 2.83. The lowest BCUT2D eigenvalue weighted by atomic mass is 10.0. The zero-order chi connectivity index (χ0) is 23.4. The molecule has 2 atom stereocenters. The Morgan fingerprint density at radius 1 is 1.27 bits per heavy atom. The molecule has 4 N–H and O–H groups in total. The summed E-state index contributed by atoms with van der Waals surface area (Å²) in [5.74, 6) is 0.420. The molecule has 2 unspecified atom stereocenters. The summed E-state index contributed by atoms with van der Waals surface area (Å²) in [7, 11) is 0. The summed E-state index contributed by atoms with van der Waals surface area (Å²) in [5, 5.41) is 12.7. The average Bonchev–Trinajstić information content (AvgIpc) is 3.12. The van der Waals surface area contributed by atoms with Gasteiger partial charge in [0.15, 0.2) is 5.75 Å². The number of amides is 2. The number of aliphatic hydroxyl groups is 1. The molecule has 3 aliphatic rings. The van der Waals surface area contributed by atoms with Crippen LogP contribution in [0.4, 0.5) is 5.69 Å². The molecule has 4 rings (SSSR count). The molecule has 9 nitrogen and oxygen atoms in total. The van der Waals surface area contributed by atoms with Crippen LogP contribution in [0.25, 0.3) is 0 Å². The van der Waals surface area contributed by atoms with Crippen molar-refractivity contribution < 1.29 is 19.4 Å². The molecule has 2 saturated heterocycles. The van der Waals surface area contributed by atoms with Crippen LogP contribution < -0.4 is 15.8 Å². The molecule has 33 heavy (non-hydrogen) atoms. The lowest BCUT2D eigenvalue weighted by Crippen LogP contribution is -2.47. The monoisotopic (exact) mass is 477 g/mol. The molecule has 2 fully saturated rings. The number of primary amides is 1. The van der Waals surface area contributed by atoms with Crippen molar-refractivity contribution in [3.63, 3.8) is 0 Å². The van der Waals surface area contributed by atoms with E-state index in [1.54, 1.807) is 11.0 Å². The Morgan fingerprint density at radius 3 is 2.79 bits per heavy atom. The van der Waals surface area contributed by atoms with Crippen LogP contribution in [0.3, 0.4) is 0 Å². The van der Waals surface area contributed by atoms with E-state index >= 15 is 0 Å². The summed E-state index contributed by atoms with van der Waals surface area (Å²) < 4.78 is 6.01. The van der Waals surface area contributed by atoms with Gasteiger partial charge in [0.05, 0.1) is 24.3 Å². The predicted molar refractivity (Wildman–Crippen MR) is 125 cm³/mol. The number of nitrogens with one attached hydrogen (secondary N) is 1. The van der Waals surface area contributed by atoms with Crippen LogP contribution in [0, 0.1) is 0 Å². The number of nitrogens with two attached hydrogens (primary N) is 1. The molecule has 0 radical (unpaired) electrons. The number of benzene rings is 1. The zero-order valence-corrected chi connectivity index (χ0v) is 19.5. The van der Waals surface area contributed by atoms with Crippen molar-refractivity contribution in [1.29, 1.82) is 0 Å². The van der Waals surface area contributed by atoms with Gasteiger partial charge in [0.25, 0.3) is 5.91 Å². The zero-order valence-electron chi connectivity index (χ0n) is 18.8. The number of halogens is 1. The van der Waals surface area contributed by atoms with Gasteiger partial charge in [-0.2, -0.15) is 0 Å². The van der Waals surface area contributed by atoms with E-state index in [2.05, 4.69) is 15.2 Å². The Labute approximate surface area is 198 Å². The number of aliphatic imine (C=N–C) groups is 1. The summed E-state index contributed by atoms with van der Waals surface area (Å²) in [5.41, 5.74) is 7.16. The molecule has 1 aromatic rings. The third kappa shape index (κ3) is 5.26. The number of hydrogen-bond donors (Lipinski definition) is 3. The van der Waals surface area contributed by atoms with Gasteiger partial charge in [-0.1, -0.05) is 30.5 Å². The largest absolute Gasteiger partial charge is 0.490 e. The van der Waals surface area contributed by atoms with Gasteiger partial charge in [0.2, 0.25) is 11.9 Å². The maximum absolute atomic E-state index is 12.1. The number of likely N-dealkylation sites (tertiary alicyclic amines) is 1. The number of aliphatic hydroxyl groups excluding tert-OH is 1. The molecule has 1 aromatic carbocycles. The number of nitrogens with zero attached hydrogens (tertiary/aromatic N) is 3. The van der Waals surface area contributed by atoms with Crippen LogP contribution in [0.1, 0.15) is 50.5 Å². The number of ether oxygens (including phenoxy) is 1. The Kier molecular flexibility index (Phi) is 7.72. The second-order valence-electron chi connectivity index (χ2n) is 8.85. The first-order valence-corrected chi connectivity index (χ1v) is 12.1. The van der Waals surface area contributed by atoms with Crippen molar-refractivity contribution in [1.82, 2.24) is 15.1 Å². The topological polar surface area (TPSA) is 120 Å². The van der Waals surface area contributed by atoms with Gasteiger partial charge < -0.3 is 20.5 Å². The summed E-state index contributed by atoms with van der Waals surface area (Å²) in [4.78, 5) is 32.5. The van der Waals surface area contributed by atoms with Crippen LogP contribution in [-0.2, 0) is 16.1 Å². The number of hydrogen-bond acceptors (Lipinski definition) is 7. The standard InChI is InChI=1S/C23H32ClN5O4/c24-16-9-8-15-13-29-18(14-30)22(32)27-23(29)26-19(15)20(16)33-12-6-1-3-7-17(21(25)31)28-10-4-2-5-11-28/h8-9,17-18,30H,1-7,10-14H2,(H2,25,31)(H,26,27,32). The van der Waals surface area contributed by atoms with Crippen LogP contribution >= 0.6 is 11.6 Å². The smallest absolute Gasteiger partial charge is 0.251 e. The molecule has 3 aliphatic heterocycles. The second kappa shape index (κ2) is 10.7. The first kappa shape index (κ1) is 23.8. The van der Waals surface area contributed by atoms with E-state index in [0.29, 0.717) is 35.6 Å². The summed E-state index contributed by atoms with van der Waals surface area (Å²) in [6.07, 6.45) is 6.89. The van der Waals surface area contributed by atoms with Gasteiger partial charge in [0, 0.05) is 12.1 Å². The van der Waals surface area contributed by atoms with E-state index in [1.807, 2.05) is 6.07 Å². The van der Waals surface area contributed by atoms with E-state index in [-0.39, 0.29) is 24.5 Å². The molecule has 0 aromatic heterocycles. The van der Waals surface area contributed by atoms with Crippen LogP contribution in [0.15, 0.2) is 17.1 Å². The number of carbonyl (C=O) groups excluding carboxylic acids is 2. The molecule has 0 spiro atoms. The van der Waals surface area contributed by atoms with Crippen LogP contribution in [-0.4, -0.2) is 71.1 Å². The minimum atomic E-state index is -0.633. The van der Waals surface area contributed by atoms with E-state index < -0.39 is 6.04 Å². The molecular weight excluding hydrogens is 446 g/mol.